The Kier molecular flexibility index (Phi) is 5.80. The van der Waals surface area contributed by atoms with E-state index in [0.717, 1.165) is 15.6 Å². The van der Waals surface area contributed by atoms with Gasteiger partial charge < -0.3 is 9.73 Å². The number of halogens is 2. The molecule has 1 N–H and O–H groups in total. The van der Waals surface area contributed by atoms with E-state index in [2.05, 4.69) is 21.2 Å². The summed E-state index contributed by atoms with van der Waals surface area (Å²) in [6.45, 7) is 1.96. The molecular weight excluding hydrogens is 428 g/mol. The number of rotatable bonds is 4. The molecule has 0 bridgehead atoms. The summed E-state index contributed by atoms with van der Waals surface area (Å²) in [5.41, 5.74) is 2.45. The van der Waals surface area contributed by atoms with Crippen LogP contribution in [0.4, 0.5) is 5.69 Å². The molecule has 0 aliphatic carbocycles. The molecule has 0 radical (unpaired) electrons. The number of nitrogens with zero attached hydrogens (tertiary/aromatic N) is 1. The third-order valence-electron chi connectivity index (χ3n) is 3.79. The van der Waals surface area contributed by atoms with E-state index in [0.29, 0.717) is 22.2 Å². The zero-order valence-corrected chi connectivity index (χ0v) is 16.6. The monoisotopic (exact) mass is 440 g/mol. The lowest BCUT2D eigenvalue weighted by molar-refractivity contribution is -0.112. The molecule has 1 amide bonds. The molecule has 6 heteroatoms. The van der Waals surface area contributed by atoms with Gasteiger partial charge in [-0.1, -0.05) is 35.4 Å². The Bertz CT molecular complexity index is 1060. The van der Waals surface area contributed by atoms with Crippen LogP contribution in [0.1, 0.15) is 11.3 Å². The van der Waals surface area contributed by atoms with E-state index >= 15 is 0 Å². The minimum absolute atomic E-state index is 0.0506. The first-order chi connectivity index (χ1) is 13.0. The van der Waals surface area contributed by atoms with Gasteiger partial charge in [-0.15, -0.1) is 0 Å². The molecule has 0 saturated heterocycles. The van der Waals surface area contributed by atoms with Crippen molar-refractivity contribution in [1.82, 2.24) is 0 Å². The number of benzene rings is 2. The maximum absolute atomic E-state index is 12.3. The summed E-state index contributed by atoms with van der Waals surface area (Å²) >= 11 is 9.45. The molecule has 0 unspecified atom stereocenters. The summed E-state index contributed by atoms with van der Waals surface area (Å²) in [4.78, 5) is 12.3. The number of hydrogen-bond acceptors (Lipinski definition) is 3. The van der Waals surface area contributed by atoms with Crippen molar-refractivity contribution in [3.05, 3.63) is 81.0 Å². The molecule has 2 aromatic carbocycles. The van der Waals surface area contributed by atoms with Gasteiger partial charge in [0, 0.05) is 21.8 Å². The third-order valence-corrected chi connectivity index (χ3v) is 5.02. The van der Waals surface area contributed by atoms with Crippen molar-refractivity contribution in [2.45, 2.75) is 6.92 Å². The van der Waals surface area contributed by atoms with Crippen LogP contribution in [-0.4, -0.2) is 5.91 Å². The lowest BCUT2D eigenvalue weighted by Gasteiger charge is -2.04. The van der Waals surface area contributed by atoms with E-state index < -0.39 is 5.91 Å². The van der Waals surface area contributed by atoms with Gasteiger partial charge in [-0.25, -0.2) is 0 Å². The number of anilines is 1. The maximum atomic E-state index is 12.3. The highest BCUT2D eigenvalue weighted by Crippen LogP contribution is 2.30. The van der Waals surface area contributed by atoms with Crippen LogP contribution in [0.15, 0.2) is 69.1 Å². The minimum Gasteiger partial charge on any atom is -0.457 e. The van der Waals surface area contributed by atoms with Gasteiger partial charge in [0.25, 0.3) is 5.91 Å². The molecule has 0 aliphatic rings. The normalized spacial score (nSPS) is 11.1. The van der Waals surface area contributed by atoms with Gasteiger partial charge >= 0.3 is 0 Å². The van der Waals surface area contributed by atoms with Crippen LogP contribution >= 0.6 is 27.5 Å². The number of furan rings is 1. The summed E-state index contributed by atoms with van der Waals surface area (Å²) in [7, 11) is 0. The fourth-order valence-corrected chi connectivity index (χ4v) is 2.79. The van der Waals surface area contributed by atoms with Crippen LogP contribution in [0.5, 0.6) is 0 Å². The molecule has 0 atom stereocenters. The molecule has 4 nitrogen and oxygen atoms in total. The lowest BCUT2D eigenvalue weighted by atomic mass is 10.2. The second-order valence-corrected chi connectivity index (χ2v) is 7.08. The number of amides is 1. The van der Waals surface area contributed by atoms with Gasteiger partial charge in [0.1, 0.15) is 23.2 Å². The predicted octanol–water partition coefficient (Wildman–Crippen LogP) is 6.22. The van der Waals surface area contributed by atoms with Gasteiger partial charge in [-0.3, -0.25) is 4.79 Å². The Morgan fingerprint density at radius 3 is 2.59 bits per heavy atom. The Balaban J connectivity index is 1.80. The maximum Gasteiger partial charge on any atom is 0.266 e. The first-order valence-corrected chi connectivity index (χ1v) is 9.18. The zero-order chi connectivity index (χ0) is 19.4. The number of carbonyl (C=O) groups excluding carboxylic acids is 1. The molecule has 134 valence electrons. The van der Waals surface area contributed by atoms with Crippen molar-refractivity contribution < 1.29 is 9.21 Å². The van der Waals surface area contributed by atoms with E-state index in [1.165, 1.54) is 6.08 Å². The Hall–Kier alpha value is -2.81. The van der Waals surface area contributed by atoms with Crippen LogP contribution in [0.3, 0.4) is 0 Å². The van der Waals surface area contributed by atoms with Gasteiger partial charge in [0.2, 0.25) is 0 Å². The Morgan fingerprint density at radius 1 is 1.19 bits per heavy atom. The summed E-state index contributed by atoms with van der Waals surface area (Å²) in [5, 5.41) is 12.6. The van der Waals surface area contributed by atoms with E-state index in [-0.39, 0.29) is 5.57 Å². The number of carbonyl (C=O) groups is 1. The molecule has 3 aromatic rings. The number of aryl methyl sites for hydroxylation is 1. The van der Waals surface area contributed by atoms with Crippen LogP contribution in [0.25, 0.3) is 17.4 Å². The number of nitrogens with one attached hydrogen (secondary N) is 1. The van der Waals surface area contributed by atoms with Gasteiger partial charge in [-0.2, -0.15) is 5.26 Å². The van der Waals surface area contributed by atoms with Gasteiger partial charge in [0.15, 0.2) is 0 Å². The van der Waals surface area contributed by atoms with Crippen molar-refractivity contribution in [2.75, 3.05) is 5.32 Å². The van der Waals surface area contributed by atoms with E-state index in [9.17, 15) is 10.1 Å². The Morgan fingerprint density at radius 2 is 1.93 bits per heavy atom. The quantitative estimate of drug-likeness (QED) is 0.386. The minimum atomic E-state index is -0.494. The predicted molar refractivity (Wildman–Crippen MR) is 110 cm³/mol. The highest BCUT2D eigenvalue weighted by molar-refractivity contribution is 9.10. The van der Waals surface area contributed by atoms with E-state index in [1.807, 2.05) is 37.3 Å². The summed E-state index contributed by atoms with van der Waals surface area (Å²) in [5.74, 6) is 0.498. The summed E-state index contributed by atoms with van der Waals surface area (Å²) < 4.78 is 6.52. The highest BCUT2D eigenvalue weighted by Gasteiger charge is 2.12. The average molecular weight is 442 g/mol. The van der Waals surface area contributed by atoms with Gasteiger partial charge in [-0.05, 0) is 59.3 Å². The van der Waals surface area contributed by atoms with Crippen molar-refractivity contribution in [3.63, 3.8) is 0 Å². The van der Waals surface area contributed by atoms with Crippen LogP contribution in [0.2, 0.25) is 5.02 Å². The largest absolute Gasteiger partial charge is 0.457 e. The van der Waals surface area contributed by atoms with Crippen LogP contribution < -0.4 is 5.32 Å². The standard InChI is InChI=1S/C21H14BrClN2O2/c1-13-2-5-16(6-3-13)25-21(26)15(12-24)10-17-7-9-20(27-17)14-4-8-18(22)19(23)11-14/h2-11H,1H3,(H,25,26)/b15-10-. The van der Waals surface area contributed by atoms with Crippen LogP contribution in [0, 0.1) is 18.3 Å². The SMILES string of the molecule is Cc1ccc(NC(=O)/C(C#N)=C\c2ccc(-c3ccc(Br)c(Cl)c3)o2)cc1. The molecule has 27 heavy (non-hydrogen) atoms. The molecule has 0 aliphatic heterocycles. The third kappa shape index (κ3) is 4.68. The number of nitriles is 1. The molecule has 0 fully saturated rings. The van der Waals surface area contributed by atoms with E-state index in [4.69, 9.17) is 16.0 Å². The van der Waals surface area contributed by atoms with Crippen LogP contribution in [-0.2, 0) is 4.79 Å². The smallest absolute Gasteiger partial charge is 0.266 e. The topological polar surface area (TPSA) is 66.0 Å². The fraction of sp³-hybridized carbons (Fsp3) is 0.0476. The van der Waals surface area contributed by atoms with Crippen molar-refractivity contribution >= 4 is 45.2 Å². The Labute approximate surface area is 170 Å². The lowest BCUT2D eigenvalue weighted by Crippen LogP contribution is -2.13. The molecule has 1 aromatic heterocycles. The molecular formula is C21H14BrClN2O2. The average Bonchev–Trinajstić information content (AvgIpc) is 3.12. The molecule has 0 spiro atoms. The molecule has 3 rings (SSSR count). The molecule has 1 heterocycles. The summed E-state index contributed by atoms with van der Waals surface area (Å²) in [6, 6.07) is 18.2. The second kappa shape index (κ2) is 8.26. The highest BCUT2D eigenvalue weighted by atomic mass is 79.9. The first-order valence-electron chi connectivity index (χ1n) is 8.01. The second-order valence-electron chi connectivity index (χ2n) is 5.82. The van der Waals surface area contributed by atoms with Crippen molar-refractivity contribution in [1.29, 1.82) is 5.26 Å². The molecule has 0 saturated carbocycles. The number of hydrogen-bond donors (Lipinski definition) is 1. The first kappa shape index (κ1) is 19.0. The van der Waals surface area contributed by atoms with Gasteiger partial charge in [0.05, 0.1) is 5.02 Å². The van der Waals surface area contributed by atoms with E-state index in [1.54, 1.807) is 30.3 Å². The zero-order valence-electron chi connectivity index (χ0n) is 14.3. The van der Waals surface area contributed by atoms with Crippen molar-refractivity contribution in [3.8, 4) is 17.4 Å². The van der Waals surface area contributed by atoms with Crippen molar-refractivity contribution in [2.24, 2.45) is 0 Å². The summed E-state index contributed by atoms with van der Waals surface area (Å²) in [6.07, 6.45) is 1.41. The fourth-order valence-electron chi connectivity index (χ4n) is 2.36.